The fraction of sp³-hybridized carbons (Fsp3) is 0.167. The lowest BCUT2D eigenvalue weighted by Gasteiger charge is -2.17. The van der Waals surface area contributed by atoms with Gasteiger partial charge >= 0.3 is 0 Å². The number of rotatable bonds is 5. The van der Waals surface area contributed by atoms with Crippen LogP contribution in [0.3, 0.4) is 0 Å². The Morgan fingerprint density at radius 3 is 2.31 bits per heavy atom. The van der Waals surface area contributed by atoms with Gasteiger partial charge in [0.15, 0.2) is 11.5 Å². The Hall–Kier alpha value is -2.80. The van der Waals surface area contributed by atoms with Crippen molar-refractivity contribution in [2.75, 3.05) is 32.4 Å². The van der Waals surface area contributed by atoms with E-state index in [0.717, 1.165) is 5.39 Å². The van der Waals surface area contributed by atoms with E-state index in [4.69, 9.17) is 39.4 Å². The lowest BCUT2D eigenvalue weighted by molar-refractivity contribution is 0.356. The van der Waals surface area contributed by atoms with Gasteiger partial charge < -0.3 is 25.3 Å². The number of fused-ring (bicyclic) bond motifs is 1. The summed E-state index contributed by atoms with van der Waals surface area (Å²) in [4.78, 5) is 4.36. The maximum absolute atomic E-state index is 6.15. The molecule has 0 atom stereocenters. The summed E-state index contributed by atoms with van der Waals surface area (Å²) in [6.45, 7) is 0. The highest BCUT2D eigenvalue weighted by Gasteiger charge is 2.14. The fourth-order valence-electron chi connectivity index (χ4n) is 2.64. The molecule has 0 saturated carbocycles. The molecule has 0 aliphatic rings. The summed E-state index contributed by atoms with van der Waals surface area (Å²) in [6, 6.07) is 6.92. The van der Waals surface area contributed by atoms with Gasteiger partial charge in [-0.05, 0) is 12.1 Å². The molecular formula is C18H17BClN3O3. The number of nitrogens with one attached hydrogen (secondary N) is 1. The van der Waals surface area contributed by atoms with Crippen LogP contribution in [0.25, 0.3) is 10.9 Å². The van der Waals surface area contributed by atoms with Crippen LogP contribution in [0.2, 0.25) is 5.02 Å². The second kappa shape index (κ2) is 7.21. The third-order valence-electron chi connectivity index (χ3n) is 3.99. The molecule has 0 unspecified atom stereocenters. The van der Waals surface area contributed by atoms with Crippen molar-refractivity contribution in [3.63, 3.8) is 0 Å². The third-order valence-corrected chi connectivity index (χ3v) is 4.28. The van der Waals surface area contributed by atoms with Gasteiger partial charge in [-0.25, -0.2) is 0 Å². The summed E-state index contributed by atoms with van der Waals surface area (Å²) >= 11 is 6.11. The van der Waals surface area contributed by atoms with Crippen LogP contribution in [0.15, 0.2) is 30.5 Å². The topological polar surface area (TPSA) is 78.6 Å². The van der Waals surface area contributed by atoms with Crippen molar-refractivity contribution >= 4 is 52.9 Å². The van der Waals surface area contributed by atoms with Gasteiger partial charge in [0.1, 0.15) is 13.6 Å². The molecule has 0 aliphatic heterocycles. The Morgan fingerprint density at radius 1 is 1.00 bits per heavy atom. The van der Waals surface area contributed by atoms with Gasteiger partial charge in [0.2, 0.25) is 0 Å². The van der Waals surface area contributed by atoms with E-state index in [0.29, 0.717) is 50.3 Å². The van der Waals surface area contributed by atoms with Crippen LogP contribution in [0.1, 0.15) is 0 Å². The summed E-state index contributed by atoms with van der Waals surface area (Å²) in [7, 11) is 10.8. The molecule has 1 aromatic heterocycles. The molecule has 6 nitrogen and oxygen atoms in total. The zero-order chi connectivity index (χ0) is 18.8. The normalized spacial score (nSPS) is 10.6. The largest absolute Gasteiger partial charge is 0.495 e. The van der Waals surface area contributed by atoms with Crippen LogP contribution >= 0.6 is 11.6 Å². The molecule has 0 amide bonds. The maximum atomic E-state index is 6.15. The number of nitrogen functional groups attached to an aromatic ring is 1. The van der Waals surface area contributed by atoms with Gasteiger partial charge in [0.05, 0.1) is 49.4 Å². The zero-order valence-corrected chi connectivity index (χ0v) is 15.3. The van der Waals surface area contributed by atoms with E-state index in [1.165, 1.54) is 7.11 Å². The number of benzene rings is 2. The Labute approximate surface area is 157 Å². The highest BCUT2D eigenvalue weighted by molar-refractivity contribution is 6.39. The number of ether oxygens (including phenoxy) is 3. The second-order valence-electron chi connectivity index (χ2n) is 5.51. The molecule has 2 aromatic carbocycles. The van der Waals surface area contributed by atoms with Crippen LogP contribution < -0.4 is 30.7 Å². The summed E-state index contributed by atoms with van der Waals surface area (Å²) in [5, 5.41) is 4.43. The monoisotopic (exact) mass is 369 g/mol. The second-order valence-corrected chi connectivity index (χ2v) is 5.92. The molecule has 0 bridgehead atoms. The van der Waals surface area contributed by atoms with Crippen molar-refractivity contribution in [3.8, 4) is 17.2 Å². The van der Waals surface area contributed by atoms with Crippen LogP contribution in [-0.4, -0.2) is 34.2 Å². The molecule has 0 fully saturated rings. The highest BCUT2D eigenvalue weighted by Crippen LogP contribution is 2.38. The molecule has 3 N–H and O–H groups in total. The molecule has 132 valence electrons. The summed E-state index contributed by atoms with van der Waals surface area (Å²) < 4.78 is 16.0. The van der Waals surface area contributed by atoms with Crippen LogP contribution in [0, 0.1) is 0 Å². The van der Waals surface area contributed by atoms with Gasteiger partial charge in [-0.2, -0.15) is 0 Å². The SMILES string of the molecule is [B]c1cc(Cl)c(OC)cc1Nc1c(N)cnc2cc(OC)c(OC)cc12. The van der Waals surface area contributed by atoms with Crippen molar-refractivity contribution in [1.82, 2.24) is 4.98 Å². The van der Waals surface area contributed by atoms with Gasteiger partial charge in [-0.3, -0.25) is 4.98 Å². The summed E-state index contributed by atoms with van der Waals surface area (Å²) in [5.41, 5.74) is 9.02. The van der Waals surface area contributed by atoms with Gasteiger partial charge in [-0.15, -0.1) is 0 Å². The molecule has 3 aromatic rings. The van der Waals surface area contributed by atoms with E-state index in [2.05, 4.69) is 10.3 Å². The van der Waals surface area contributed by atoms with Crippen LogP contribution in [0.4, 0.5) is 17.1 Å². The van der Waals surface area contributed by atoms with E-state index in [9.17, 15) is 0 Å². The Bertz CT molecular complexity index is 982. The fourth-order valence-corrected chi connectivity index (χ4v) is 2.89. The number of halogens is 1. The van der Waals surface area contributed by atoms with Crippen molar-refractivity contribution in [2.45, 2.75) is 0 Å². The van der Waals surface area contributed by atoms with Gasteiger partial charge in [-0.1, -0.05) is 17.1 Å². The summed E-state index contributed by atoms with van der Waals surface area (Å²) in [5.74, 6) is 1.65. The zero-order valence-electron chi connectivity index (χ0n) is 14.6. The molecular weight excluding hydrogens is 352 g/mol. The molecule has 0 spiro atoms. The quantitative estimate of drug-likeness (QED) is 0.673. The first-order chi connectivity index (χ1) is 12.5. The molecule has 8 heteroatoms. The maximum Gasteiger partial charge on any atom is 0.162 e. The number of hydrogen-bond acceptors (Lipinski definition) is 6. The van der Waals surface area contributed by atoms with Crippen molar-refractivity contribution in [2.24, 2.45) is 0 Å². The Balaban J connectivity index is 2.17. The molecule has 2 radical (unpaired) electrons. The predicted molar refractivity (Wildman–Crippen MR) is 106 cm³/mol. The summed E-state index contributed by atoms with van der Waals surface area (Å²) in [6.07, 6.45) is 1.57. The van der Waals surface area contributed by atoms with Gasteiger partial charge in [0, 0.05) is 23.2 Å². The minimum Gasteiger partial charge on any atom is -0.495 e. The number of anilines is 3. The Morgan fingerprint density at radius 2 is 1.65 bits per heavy atom. The smallest absolute Gasteiger partial charge is 0.162 e. The number of nitrogens with zero attached hydrogens (tertiary/aromatic N) is 1. The van der Waals surface area contributed by atoms with Crippen molar-refractivity contribution in [1.29, 1.82) is 0 Å². The number of methoxy groups -OCH3 is 3. The lowest BCUT2D eigenvalue weighted by atomic mass is 9.93. The first-order valence-electron chi connectivity index (χ1n) is 7.68. The van der Waals surface area contributed by atoms with E-state index >= 15 is 0 Å². The molecule has 0 aliphatic carbocycles. The minimum absolute atomic E-state index is 0.425. The minimum atomic E-state index is 0.425. The van der Waals surface area contributed by atoms with Crippen LogP contribution in [-0.2, 0) is 0 Å². The number of nitrogens with two attached hydrogens (primary N) is 1. The standard InChI is InChI=1S/C18H17BClN3O3/c1-24-15-7-14(10(19)5-11(15)20)23-18-9-4-16(25-2)17(26-3)6-13(9)22-8-12(18)21/h4-8H,21H2,1-3H3,(H,22,23). The third kappa shape index (κ3) is 3.18. The molecule has 1 heterocycles. The highest BCUT2D eigenvalue weighted by atomic mass is 35.5. The van der Waals surface area contributed by atoms with E-state index in [1.807, 2.05) is 6.07 Å². The molecule has 3 rings (SSSR count). The van der Waals surface area contributed by atoms with E-state index in [-0.39, 0.29) is 0 Å². The number of pyridine rings is 1. The average molecular weight is 370 g/mol. The van der Waals surface area contributed by atoms with E-state index < -0.39 is 0 Å². The lowest BCUT2D eigenvalue weighted by Crippen LogP contribution is -2.11. The van der Waals surface area contributed by atoms with Crippen molar-refractivity contribution in [3.05, 3.63) is 35.5 Å². The first-order valence-corrected chi connectivity index (χ1v) is 8.06. The number of hydrogen-bond donors (Lipinski definition) is 2. The number of aromatic nitrogens is 1. The first kappa shape index (κ1) is 18.0. The average Bonchev–Trinajstić information content (AvgIpc) is 2.64. The van der Waals surface area contributed by atoms with Gasteiger partial charge in [0.25, 0.3) is 0 Å². The molecule has 0 saturated heterocycles. The van der Waals surface area contributed by atoms with E-state index in [1.54, 1.807) is 38.6 Å². The molecule has 26 heavy (non-hydrogen) atoms. The van der Waals surface area contributed by atoms with Crippen LogP contribution in [0.5, 0.6) is 17.2 Å². The van der Waals surface area contributed by atoms with Crippen molar-refractivity contribution < 1.29 is 14.2 Å². The predicted octanol–water partition coefficient (Wildman–Crippen LogP) is 3.03. The Kier molecular flexibility index (Phi) is 5.00.